The van der Waals surface area contributed by atoms with Crippen molar-refractivity contribution in [3.8, 4) is 11.5 Å². The molecule has 2 aromatic rings. The molecular weight excluding hydrogens is 306 g/mol. The van der Waals surface area contributed by atoms with Crippen molar-refractivity contribution in [2.75, 3.05) is 13.7 Å². The number of carbonyl (C=O) groups is 2. The molecule has 2 aromatic carbocycles. The summed E-state index contributed by atoms with van der Waals surface area (Å²) in [6.45, 7) is 0.420. The highest BCUT2D eigenvalue weighted by atomic mass is 16.5. The van der Waals surface area contributed by atoms with Crippen LogP contribution in [0.3, 0.4) is 0 Å². The Labute approximate surface area is 141 Å². The molecule has 0 heterocycles. The van der Waals surface area contributed by atoms with Crippen molar-refractivity contribution in [3.05, 3.63) is 59.7 Å². The van der Waals surface area contributed by atoms with E-state index in [1.807, 2.05) is 12.1 Å². The topological polar surface area (TPSA) is 75.6 Å². The van der Waals surface area contributed by atoms with Gasteiger partial charge in [-0.05, 0) is 30.2 Å². The number of amides is 1. The van der Waals surface area contributed by atoms with Crippen LogP contribution in [0.5, 0.6) is 11.5 Å². The van der Waals surface area contributed by atoms with Crippen molar-refractivity contribution in [1.82, 2.24) is 5.32 Å². The highest BCUT2D eigenvalue weighted by Gasteiger charge is 2.10. The molecule has 5 heteroatoms. The van der Waals surface area contributed by atoms with E-state index in [1.165, 1.54) is 0 Å². The molecule has 1 amide bonds. The lowest BCUT2D eigenvalue weighted by atomic mass is 10.1. The lowest BCUT2D eigenvalue weighted by molar-refractivity contribution is -0.121. The molecule has 0 spiro atoms. The number of ketones is 1. The first-order chi connectivity index (χ1) is 11.6. The molecule has 24 heavy (non-hydrogen) atoms. The minimum absolute atomic E-state index is 0.0928. The van der Waals surface area contributed by atoms with Crippen molar-refractivity contribution in [2.24, 2.45) is 0 Å². The Kier molecular flexibility index (Phi) is 6.37. The zero-order chi connectivity index (χ0) is 17.4. The van der Waals surface area contributed by atoms with E-state index < -0.39 is 0 Å². The number of ether oxygens (including phenoxy) is 1. The molecule has 0 unspecified atom stereocenters. The molecule has 2 rings (SSSR count). The molecular formula is C19H21NO4. The van der Waals surface area contributed by atoms with Crippen LogP contribution in [0.2, 0.25) is 0 Å². The second kappa shape index (κ2) is 8.72. The Morgan fingerprint density at radius 2 is 1.88 bits per heavy atom. The number of hydrogen-bond donors (Lipinski definition) is 2. The van der Waals surface area contributed by atoms with Gasteiger partial charge in [0.1, 0.15) is 11.5 Å². The molecule has 0 saturated carbocycles. The highest BCUT2D eigenvalue weighted by Crippen LogP contribution is 2.16. The number of benzene rings is 2. The van der Waals surface area contributed by atoms with Gasteiger partial charge in [-0.3, -0.25) is 9.59 Å². The third kappa shape index (κ3) is 5.12. The van der Waals surface area contributed by atoms with Crippen molar-refractivity contribution < 1.29 is 19.4 Å². The normalized spacial score (nSPS) is 10.2. The molecule has 0 bridgehead atoms. The summed E-state index contributed by atoms with van der Waals surface area (Å²) in [6.07, 6.45) is 0.828. The van der Waals surface area contributed by atoms with Gasteiger partial charge in [-0.25, -0.2) is 0 Å². The maximum Gasteiger partial charge on any atom is 0.220 e. The fourth-order valence-electron chi connectivity index (χ4n) is 2.32. The van der Waals surface area contributed by atoms with Crippen LogP contribution in [0.25, 0.3) is 0 Å². The smallest absolute Gasteiger partial charge is 0.220 e. The Morgan fingerprint density at radius 3 is 2.62 bits per heavy atom. The van der Waals surface area contributed by atoms with E-state index in [9.17, 15) is 14.7 Å². The molecule has 0 aliphatic heterocycles. The Morgan fingerprint density at radius 1 is 1.08 bits per heavy atom. The Bertz CT molecular complexity index is 712. The van der Waals surface area contributed by atoms with E-state index in [-0.39, 0.29) is 30.3 Å². The Hall–Kier alpha value is -2.82. The number of hydrogen-bond acceptors (Lipinski definition) is 4. The monoisotopic (exact) mass is 327 g/mol. The maximum absolute atomic E-state index is 12.1. The van der Waals surface area contributed by atoms with Crippen molar-refractivity contribution in [2.45, 2.75) is 19.3 Å². The van der Waals surface area contributed by atoms with Crippen LogP contribution in [0.4, 0.5) is 0 Å². The van der Waals surface area contributed by atoms with Crippen LogP contribution < -0.4 is 10.1 Å². The summed E-state index contributed by atoms with van der Waals surface area (Å²) in [6, 6.07) is 13.9. The molecule has 0 atom stereocenters. The van der Waals surface area contributed by atoms with E-state index in [4.69, 9.17) is 4.74 Å². The molecule has 0 aliphatic carbocycles. The fourth-order valence-corrected chi connectivity index (χ4v) is 2.32. The van der Waals surface area contributed by atoms with Gasteiger partial charge in [0, 0.05) is 24.9 Å². The summed E-state index contributed by atoms with van der Waals surface area (Å²) in [5.41, 5.74) is 1.32. The minimum Gasteiger partial charge on any atom is -0.508 e. The van der Waals surface area contributed by atoms with Crippen molar-refractivity contribution in [3.63, 3.8) is 0 Å². The van der Waals surface area contributed by atoms with Gasteiger partial charge in [0.05, 0.1) is 7.11 Å². The number of nitrogens with one attached hydrogen (secondary N) is 1. The summed E-state index contributed by atoms with van der Waals surface area (Å²) in [5.74, 6) is 0.569. The van der Waals surface area contributed by atoms with Crippen molar-refractivity contribution in [1.29, 1.82) is 0 Å². The van der Waals surface area contributed by atoms with Crippen LogP contribution in [0, 0.1) is 0 Å². The lowest BCUT2D eigenvalue weighted by Crippen LogP contribution is -2.26. The van der Waals surface area contributed by atoms with E-state index in [0.717, 1.165) is 5.56 Å². The number of carbonyl (C=O) groups excluding carboxylic acids is 2. The number of methoxy groups -OCH3 is 1. The van der Waals surface area contributed by atoms with Crippen LogP contribution in [-0.4, -0.2) is 30.5 Å². The predicted molar refractivity (Wildman–Crippen MR) is 91.4 cm³/mol. The van der Waals surface area contributed by atoms with Gasteiger partial charge < -0.3 is 15.2 Å². The van der Waals surface area contributed by atoms with E-state index in [1.54, 1.807) is 43.5 Å². The van der Waals surface area contributed by atoms with Crippen LogP contribution in [-0.2, 0) is 11.2 Å². The standard InChI is InChI=1S/C19H21NO4/c1-24-16-7-4-6-15(13-16)18(22)9-10-19(23)20-12-11-14-5-2-3-8-17(14)21/h2-8,13,21H,9-12H2,1H3,(H,20,23). The molecule has 0 aliphatic rings. The van der Waals surface area contributed by atoms with Gasteiger partial charge >= 0.3 is 0 Å². The van der Waals surface area contributed by atoms with Crippen LogP contribution in [0.15, 0.2) is 48.5 Å². The number of phenolic OH excluding ortho intramolecular Hbond substituents is 1. The molecule has 0 fully saturated rings. The number of Topliss-reactive ketones (excluding diaryl/α,β-unsaturated/α-hetero) is 1. The molecule has 0 radical (unpaired) electrons. The third-order valence-corrected chi connectivity index (χ3v) is 3.68. The summed E-state index contributed by atoms with van der Waals surface area (Å²) < 4.78 is 5.08. The summed E-state index contributed by atoms with van der Waals surface area (Å²) in [7, 11) is 1.54. The van der Waals surface area contributed by atoms with Gasteiger partial charge in [0.15, 0.2) is 5.78 Å². The first kappa shape index (κ1) is 17.5. The molecule has 0 aromatic heterocycles. The predicted octanol–water partition coefficient (Wildman–Crippen LogP) is 2.72. The average molecular weight is 327 g/mol. The van der Waals surface area contributed by atoms with Crippen molar-refractivity contribution >= 4 is 11.7 Å². The summed E-state index contributed by atoms with van der Waals surface area (Å²) in [5, 5.41) is 12.4. The third-order valence-electron chi connectivity index (χ3n) is 3.68. The van der Waals surface area contributed by atoms with Crippen LogP contribution >= 0.6 is 0 Å². The average Bonchev–Trinajstić information content (AvgIpc) is 2.61. The number of rotatable bonds is 8. The van der Waals surface area contributed by atoms with Gasteiger partial charge in [-0.1, -0.05) is 30.3 Å². The molecule has 0 saturated heterocycles. The summed E-state index contributed by atoms with van der Waals surface area (Å²) >= 11 is 0. The number of aromatic hydroxyl groups is 1. The van der Waals surface area contributed by atoms with Gasteiger partial charge in [-0.15, -0.1) is 0 Å². The zero-order valence-electron chi connectivity index (χ0n) is 13.6. The highest BCUT2D eigenvalue weighted by molar-refractivity contribution is 5.98. The SMILES string of the molecule is COc1cccc(C(=O)CCC(=O)NCCc2ccccc2O)c1. The lowest BCUT2D eigenvalue weighted by Gasteiger charge is -2.07. The zero-order valence-corrected chi connectivity index (χ0v) is 13.6. The minimum atomic E-state index is -0.179. The number of para-hydroxylation sites is 1. The quantitative estimate of drug-likeness (QED) is 0.731. The van der Waals surface area contributed by atoms with E-state index in [2.05, 4.69) is 5.32 Å². The maximum atomic E-state index is 12.1. The second-order valence-corrected chi connectivity index (χ2v) is 5.38. The largest absolute Gasteiger partial charge is 0.508 e. The fraction of sp³-hybridized carbons (Fsp3) is 0.263. The van der Waals surface area contributed by atoms with Crippen LogP contribution in [0.1, 0.15) is 28.8 Å². The van der Waals surface area contributed by atoms with E-state index in [0.29, 0.717) is 24.3 Å². The molecule has 2 N–H and O–H groups in total. The number of phenols is 1. The summed E-state index contributed by atoms with van der Waals surface area (Å²) in [4.78, 5) is 23.9. The van der Waals surface area contributed by atoms with E-state index >= 15 is 0 Å². The molecule has 5 nitrogen and oxygen atoms in total. The second-order valence-electron chi connectivity index (χ2n) is 5.38. The van der Waals surface area contributed by atoms with Gasteiger partial charge in [0.2, 0.25) is 5.91 Å². The van der Waals surface area contributed by atoms with Gasteiger partial charge in [0.25, 0.3) is 0 Å². The first-order valence-electron chi connectivity index (χ1n) is 7.81. The first-order valence-corrected chi connectivity index (χ1v) is 7.81. The Balaban J connectivity index is 1.74. The molecule has 126 valence electrons. The van der Waals surface area contributed by atoms with Gasteiger partial charge in [-0.2, -0.15) is 0 Å².